The maximum absolute atomic E-state index is 14.1. The molecule has 172 valence electrons. The lowest BCUT2D eigenvalue weighted by atomic mass is 10.00. The molecular formula is C22H22F2N6O2S. The van der Waals surface area contributed by atoms with Gasteiger partial charge in [0, 0.05) is 49.4 Å². The van der Waals surface area contributed by atoms with Gasteiger partial charge in [0.25, 0.3) is 0 Å². The lowest BCUT2D eigenvalue weighted by Gasteiger charge is -2.33. The Labute approximate surface area is 189 Å². The first-order valence-electron chi connectivity index (χ1n) is 10.4. The van der Waals surface area contributed by atoms with E-state index in [1.54, 1.807) is 30.2 Å². The predicted octanol–water partition coefficient (Wildman–Crippen LogP) is 3.08. The second kappa shape index (κ2) is 7.92. The van der Waals surface area contributed by atoms with Crippen LogP contribution < -0.4 is 4.90 Å². The minimum absolute atomic E-state index is 0.359. The third-order valence-corrected chi connectivity index (χ3v) is 7.33. The molecule has 3 aromatic heterocycles. The first kappa shape index (κ1) is 21.5. The number of fused-ring (bicyclic) bond motifs is 1. The standard InChI is InChI=1S/C22H22F2N6O2S/c1-14-18(7-15(23)8-21(14)24)20-12-26-22-19(20)9-16(10-25-22)30-13-17(11-27-30)28-3-5-29(6-4-28)33(2,31)32/h7-13H,3-6H2,1-2H3,(H,25,26). The van der Waals surface area contributed by atoms with E-state index in [0.717, 1.165) is 17.1 Å². The van der Waals surface area contributed by atoms with Crippen LogP contribution in [0.3, 0.4) is 0 Å². The van der Waals surface area contributed by atoms with Crippen molar-refractivity contribution in [1.29, 1.82) is 0 Å². The van der Waals surface area contributed by atoms with Crippen LogP contribution in [-0.2, 0) is 10.0 Å². The number of H-pyrrole nitrogens is 1. The quantitative estimate of drug-likeness (QED) is 0.493. The number of nitrogens with one attached hydrogen (secondary N) is 1. The van der Waals surface area contributed by atoms with Crippen molar-refractivity contribution < 1.29 is 17.2 Å². The molecule has 1 aliphatic rings. The summed E-state index contributed by atoms with van der Waals surface area (Å²) in [5.74, 6) is -1.24. The number of piperazine rings is 1. The van der Waals surface area contributed by atoms with Crippen LogP contribution in [0.5, 0.6) is 0 Å². The molecule has 0 bridgehead atoms. The summed E-state index contributed by atoms with van der Waals surface area (Å²) in [5.41, 5.74) is 3.64. The van der Waals surface area contributed by atoms with Crippen LogP contribution in [0.4, 0.5) is 14.5 Å². The molecule has 1 N–H and O–H groups in total. The number of halogens is 2. The Kier molecular flexibility index (Phi) is 5.17. The third kappa shape index (κ3) is 3.98. The van der Waals surface area contributed by atoms with E-state index in [2.05, 4.69) is 20.0 Å². The number of nitrogens with zero attached hydrogens (tertiary/aromatic N) is 5. The summed E-state index contributed by atoms with van der Waals surface area (Å²) in [6.07, 6.45) is 8.17. The Morgan fingerprint density at radius 2 is 1.76 bits per heavy atom. The van der Waals surface area contributed by atoms with Gasteiger partial charge >= 0.3 is 0 Å². The highest BCUT2D eigenvalue weighted by molar-refractivity contribution is 7.88. The first-order chi connectivity index (χ1) is 15.7. The van der Waals surface area contributed by atoms with Crippen LogP contribution in [0.1, 0.15) is 5.56 Å². The van der Waals surface area contributed by atoms with Crippen molar-refractivity contribution in [2.24, 2.45) is 0 Å². The van der Waals surface area contributed by atoms with Gasteiger partial charge < -0.3 is 9.88 Å². The lowest BCUT2D eigenvalue weighted by Crippen LogP contribution is -2.48. The summed E-state index contributed by atoms with van der Waals surface area (Å²) < 4.78 is 54.6. The summed E-state index contributed by atoms with van der Waals surface area (Å²) >= 11 is 0. The van der Waals surface area contributed by atoms with Crippen molar-refractivity contribution in [3.8, 4) is 16.8 Å². The molecule has 0 saturated carbocycles. The number of anilines is 1. The summed E-state index contributed by atoms with van der Waals surface area (Å²) in [7, 11) is -3.19. The molecule has 1 fully saturated rings. The van der Waals surface area contributed by atoms with E-state index in [4.69, 9.17) is 0 Å². The van der Waals surface area contributed by atoms with Crippen LogP contribution in [0.25, 0.3) is 27.8 Å². The molecule has 1 aliphatic heterocycles. The minimum Gasteiger partial charge on any atom is -0.366 e. The summed E-state index contributed by atoms with van der Waals surface area (Å²) in [6.45, 7) is 3.61. The molecule has 1 saturated heterocycles. The predicted molar refractivity (Wildman–Crippen MR) is 122 cm³/mol. The average Bonchev–Trinajstić information content (AvgIpc) is 3.43. The second-order valence-corrected chi connectivity index (χ2v) is 10.1. The molecule has 5 rings (SSSR count). The van der Waals surface area contributed by atoms with Gasteiger partial charge in [-0.2, -0.15) is 9.40 Å². The number of hydrogen-bond donors (Lipinski definition) is 1. The fourth-order valence-corrected chi connectivity index (χ4v) is 4.99. The normalized spacial score (nSPS) is 15.5. The molecule has 11 heteroatoms. The topological polar surface area (TPSA) is 87.1 Å². The van der Waals surface area contributed by atoms with Crippen molar-refractivity contribution in [3.63, 3.8) is 0 Å². The van der Waals surface area contributed by atoms with E-state index >= 15 is 0 Å². The third-order valence-electron chi connectivity index (χ3n) is 6.02. The SMILES string of the molecule is Cc1c(F)cc(F)cc1-c1c[nH]c2ncc(-n3cc(N4CCN(S(C)(=O)=O)CC4)cn3)cc12. The van der Waals surface area contributed by atoms with Gasteiger partial charge in [0.1, 0.15) is 17.3 Å². The number of sulfonamides is 1. The van der Waals surface area contributed by atoms with Crippen molar-refractivity contribution >= 4 is 26.7 Å². The van der Waals surface area contributed by atoms with Crippen molar-refractivity contribution in [1.82, 2.24) is 24.1 Å². The highest BCUT2D eigenvalue weighted by Crippen LogP contribution is 2.33. The van der Waals surface area contributed by atoms with Crippen LogP contribution in [0.15, 0.2) is 43.0 Å². The Morgan fingerprint density at radius 3 is 2.48 bits per heavy atom. The molecule has 0 unspecified atom stereocenters. The summed E-state index contributed by atoms with van der Waals surface area (Å²) in [6, 6.07) is 4.06. The second-order valence-electron chi connectivity index (χ2n) is 8.14. The Bertz CT molecular complexity index is 1460. The van der Waals surface area contributed by atoms with E-state index in [0.29, 0.717) is 54.2 Å². The Hall–Kier alpha value is -3.31. The van der Waals surface area contributed by atoms with Gasteiger partial charge in [-0.15, -0.1) is 0 Å². The number of aromatic amines is 1. The summed E-state index contributed by atoms with van der Waals surface area (Å²) in [5, 5.41) is 5.16. The highest BCUT2D eigenvalue weighted by atomic mass is 32.2. The van der Waals surface area contributed by atoms with Gasteiger partial charge in [-0.05, 0) is 30.2 Å². The zero-order chi connectivity index (χ0) is 23.3. The molecule has 0 spiro atoms. The number of rotatable bonds is 4. The monoisotopic (exact) mass is 472 g/mol. The van der Waals surface area contributed by atoms with Crippen molar-refractivity contribution in [2.75, 3.05) is 37.3 Å². The molecule has 0 radical (unpaired) electrons. The number of hydrogen-bond acceptors (Lipinski definition) is 5. The Balaban J connectivity index is 1.45. The van der Waals surface area contributed by atoms with Crippen LogP contribution in [0.2, 0.25) is 0 Å². The molecule has 1 aromatic carbocycles. The largest absolute Gasteiger partial charge is 0.366 e. The van der Waals surface area contributed by atoms with Gasteiger partial charge in [-0.3, -0.25) is 0 Å². The fraction of sp³-hybridized carbons (Fsp3) is 0.273. The molecule has 33 heavy (non-hydrogen) atoms. The van der Waals surface area contributed by atoms with Gasteiger partial charge in [0.05, 0.1) is 36.2 Å². The molecular weight excluding hydrogens is 450 g/mol. The number of pyridine rings is 1. The van der Waals surface area contributed by atoms with E-state index < -0.39 is 21.7 Å². The Morgan fingerprint density at radius 1 is 1.00 bits per heavy atom. The van der Waals surface area contributed by atoms with Crippen molar-refractivity contribution in [3.05, 3.63) is 60.2 Å². The smallest absolute Gasteiger partial charge is 0.211 e. The summed E-state index contributed by atoms with van der Waals surface area (Å²) in [4.78, 5) is 9.58. The maximum atomic E-state index is 14.1. The molecule has 0 aliphatic carbocycles. The van der Waals surface area contributed by atoms with Gasteiger partial charge in [-0.1, -0.05) is 0 Å². The highest BCUT2D eigenvalue weighted by Gasteiger charge is 2.24. The molecule has 4 heterocycles. The molecule has 8 nitrogen and oxygen atoms in total. The van der Waals surface area contributed by atoms with E-state index in [9.17, 15) is 17.2 Å². The van der Waals surface area contributed by atoms with Crippen LogP contribution >= 0.6 is 0 Å². The van der Waals surface area contributed by atoms with Crippen molar-refractivity contribution in [2.45, 2.75) is 6.92 Å². The maximum Gasteiger partial charge on any atom is 0.211 e. The van der Waals surface area contributed by atoms with Gasteiger partial charge in [-0.25, -0.2) is 26.9 Å². The van der Waals surface area contributed by atoms with E-state index in [1.807, 2.05) is 12.3 Å². The zero-order valence-electron chi connectivity index (χ0n) is 18.1. The first-order valence-corrected chi connectivity index (χ1v) is 12.2. The number of benzene rings is 1. The minimum atomic E-state index is -3.19. The van der Waals surface area contributed by atoms with Crippen LogP contribution in [-0.4, -0.2) is 64.9 Å². The molecule has 0 atom stereocenters. The molecule has 0 amide bonds. The van der Waals surface area contributed by atoms with Crippen LogP contribution in [0, 0.1) is 18.6 Å². The fourth-order valence-electron chi connectivity index (χ4n) is 4.16. The zero-order valence-corrected chi connectivity index (χ0v) is 18.9. The molecule has 4 aromatic rings. The van der Waals surface area contributed by atoms with Gasteiger partial charge in [0.15, 0.2) is 0 Å². The average molecular weight is 473 g/mol. The van der Waals surface area contributed by atoms with E-state index in [-0.39, 0.29) is 0 Å². The lowest BCUT2D eigenvalue weighted by molar-refractivity contribution is 0.388. The van der Waals surface area contributed by atoms with E-state index in [1.165, 1.54) is 16.6 Å². The van der Waals surface area contributed by atoms with Gasteiger partial charge in [0.2, 0.25) is 10.0 Å². The number of aromatic nitrogens is 4.